The highest BCUT2D eigenvalue weighted by Gasteiger charge is 2.35. The van der Waals surface area contributed by atoms with Gasteiger partial charge in [0.25, 0.3) is 0 Å². The Balaban J connectivity index is 2.34. The maximum absolute atomic E-state index is 12.4. The number of hydrogen-bond acceptors (Lipinski definition) is 2. The van der Waals surface area contributed by atoms with Gasteiger partial charge in [-0.15, -0.1) is 0 Å². The van der Waals surface area contributed by atoms with Crippen LogP contribution in [-0.4, -0.2) is 24.7 Å². The number of carbonyl (C=O) groups excluding carboxylic acids is 1. The third-order valence-electron chi connectivity index (χ3n) is 1.98. The van der Waals surface area contributed by atoms with Gasteiger partial charge < -0.3 is 4.74 Å². The van der Waals surface area contributed by atoms with Gasteiger partial charge >= 0.3 is 6.11 Å². The maximum atomic E-state index is 12.4. The summed E-state index contributed by atoms with van der Waals surface area (Å²) in [5.41, 5.74) is 0. The van der Waals surface area contributed by atoms with Gasteiger partial charge in [0.2, 0.25) is 0 Å². The van der Waals surface area contributed by atoms with E-state index in [9.17, 15) is 18.0 Å². The first-order chi connectivity index (χ1) is 6.03. The second kappa shape index (κ2) is 4.09. The van der Waals surface area contributed by atoms with Crippen LogP contribution in [0.25, 0.3) is 0 Å². The van der Waals surface area contributed by atoms with Crippen molar-refractivity contribution < 1.29 is 22.7 Å². The third kappa shape index (κ3) is 3.34. The Morgan fingerprint density at radius 2 is 1.92 bits per heavy atom. The monoisotopic (exact) mass is 196 g/mol. The van der Waals surface area contributed by atoms with Crippen LogP contribution in [0.1, 0.15) is 25.7 Å². The molecule has 0 bridgehead atoms. The van der Waals surface area contributed by atoms with Crippen LogP contribution >= 0.6 is 0 Å². The van der Waals surface area contributed by atoms with Crippen LogP contribution in [0, 0.1) is 0 Å². The molecule has 76 valence electrons. The second-order valence-electron chi connectivity index (χ2n) is 3.13. The lowest BCUT2D eigenvalue weighted by Crippen LogP contribution is -2.32. The zero-order chi connectivity index (χ0) is 9.90. The number of hydrogen-bond donors (Lipinski definition) is 0. The van der Waals surface area contributed by atoms with Gasteiger partial charge in [-0.05, 0) is 12.8 Å². The topological polar surface area (TPSA) is 26.3 Å². The highest BCUT2D eigenvalue weighted by molar-refractivity contribution is 5.79. The Morgan fingerprint density at radius 3 is 2.38 bits per heavy atom. The number of ether oxygens (including phenoxy) is 1. The molecule has 0 N–H and O–H groups in total. The van der Waals surface area contributed by atoms with Crippen molar-refractivity contribution in [2.24, 2.45) is 0 Å². The molecule has 5 heteroatoms. The summed E-state index contributed by atoms with van der Waals surface area (Å²) in [5, 5.41) is 0. The number of Topliss-reactive ketones (excluding diaryl/α,β-unsaturated/α-hetero) is 1. The molecular weight excluding hydrogens is 185 g/mol. The Kier molecular flexibility index (Phi) is 3.30. The molecule has 2 nitrogen and oxygen atoms in total. The molecular formula is C8H11F3O2. The van der Waals surface area contributed by atoms with Gasteiger partial charge in [-0.25, -0.2) is 4.39 Å². The minimum Gasteiger partial charge on any atom is -0.315 e. The Labute approximate surface area is 74.1 Å². The fourth-order valence-corrected chi connectivity index (χ4v) is 1.31. The predicted molar refractivity (Wildman–Crippen MR) is 39.3 cm³/mol. The van der Waals surface area contributed by atoms with E-state index in [0.717, 1.165) is 0 Å². The van der Waals surface area contributed by atoms with Crippen molar-refractivity contribution in [3.05, 3.63) is 0 Å². The number of halogens is 3. The fraction of sp³-hybridized carbons (Fsp3) is 0.875. The number of ketones is 1. The summed E-state index contributed by atoms with van der Waals surface area (Å²) in [6, 6.07) is 0. The normalized spacial score (nSPS) is 20.7. The average Bonchev–Trinajstić information content (AvgIpc) is 2.09. The summed E-state index contributed by atoms with van der Waals surface area (Å²) in [6.07, 6.45) is -3.31. The zero-order valence-corrected chi connectivity index (χ0v) is 7.06. The first-order valence-corrected chi connectivity index (χ1v) is 4.17. The van der Waals surface area contributed by atoms with Crippen LogP contribution in [0.3, 0.4) is 0 Å². The van der Waals surface area contributed by atoms with Crippen LogP contribution in [0.5, 0.6) is 0 Å². The quantitative estimate of drug-likeness (QED) is 0.690. The number of carbonyl (C=O) groups is 1. The molecule has 0 spiro atoms. The van der Waals surface area contributed by atoms with E-state index in [1.54, 1.807) is 0 Å². The molecule has 0 aromatic heterocycles. The van der Waals surface area contributed by atoms with Gasteiger partial charge in [0.1, 0.15) is 5.78 Å². The number of rotatable bonds is 3. The first kappa shape index (κ1) is 10.5. The summed E-state index contributed by atoms with van der Waals surface area (Å²) in [5.74, 6) is 0.0587. The summed E-state index contributed by atoms with van der Waals surface area (Å²) in [7, 11) is 0. The molecule has 0 aromatic rings. The molecule has 13 heavy (non-hydrogen) atoms. The fourth-order valence-electron chi connectivity index (χ4n) is 1.31. The van der Waals surface area contributed by atoms with Crippen LogP contribution < -0.4 is 0 Å². The maximum Gasteiger partial charge on any atom is 0.384 e. The highest BCUT2D eigenvalue weighted by Crippen LogP contribution is 2.25. The van der Waals surface area contributed by atoms with Crippen LogP contribution in [-0.2, 0) is 9.53 Å². The molecule has 0 heterocycles. The van der Waals surface area contributed by atoms with Gasteiger partial charge in [0.05, 0.1) is 6.10 Å². The van der Waals surface area contributed by atoms with Crippen molar-refractivity contribution in [2.45, 2.75) is 37.9 Å². The van der Waals surface area contributed by atoms with Gasteiger partial charge in [-0.1, -0.05) is 0 Å². The molecule has 1 rings (SSSR count). The van der Waals surface area contributed by atoms with E-state index >= 15 is 0 Å². The minimum absolute atomic E-state index is 0.0587. The molecule has 0 aromatic carbocycles. The summed E-state index contributed by atoms with van der Waals surface area (Å²) < 4.78 is 40.6. The highest BCUT2D eigenvalue weighted by atomic mass is 19.3. The van der Waals surface area contributed by atoms with E-state index in [2.05, 4.69) is 4.74 Å². The van der Waals surface area contributed by atoms with E-state index in [1.165, 1.54) is 0 Å². The number of alkyl halides is 3. The zero-order valence-electron chi connectivity index (χ0n) is 7.06. The Morgan fingerprint density at radius 1 is 1.38 bits per heavy atom. The third-order valence-corrected chi connectivity index (χ3v) is 1.98. The molecule has 0 unspecified atom stereocenters. The van der Waals surface area contributed by atoms with Gasteiger partial charge in [0.15, 0.2) is 6.67 Å². The van der Waals surface area contributed by atoms with Crippen LogP contribution in [0.2, 0.25) is 0 Å². The lowest BCUT2D eigenvalue weighted by Gasteiger charge is -2.24. The van der Waals surface area contributed by atoms with Crippen molar-refractivity contribution in [1.82, 2.24) is 0 Å². The van der Waals surface area contributed by atoms with Gasteiger partial charge in [0, 0.05) is 12.8 Å². The molecule has 0 radical (unpaired) electrons. The molecule has 0 aliphatic heterocycles. The second-order valence-corrected chi connectivity index (χ2v) is 3.13. The van der Waals surface area contributed by atoms with E-state index < -0.39 is 18.9 Å². The van der Waals surface area contributed by atoms with Gasteiger partial charge in [-0.3, -0.25) is 4.79 Å². The summed E-state index contributed by atoms with van der Waals surface area (Å²) in [4.78, 5) is 10.7. The van der Waals surface area contributed by atoms with E-state index in [1.807, 2.05) is 0 Å². The Bertz CT molecular complexity index is 184. The van der Waals surface area contributed by atoms with E-state index in [0.29, 0.717) is 0 Å². The molecule has 1 saturated carbocycles. The predicted octanol–water partition coefficient (Wildman–Crippen LogP) is 2.08. The van der Waals surface area contributed by atoms with Crippen molar-refractivity contribution in [3.63, 3.8) is 0 Å². The lowest BCUT2D eigenvalue weighted by atomic mass is 9.96. The molecule has 1 aliphatic carbocycles. The van der Waals surface area contributed by atoms with Crippen molar-refractivity contribution in [2.75, 3.05) is 6.67 Å². The molecule has 1 fully saturated rings. The SMILES string of the molecule is O=C1CCC(OC(F)(F)CF)CC1. The standard InChI is InChI=1S/C8H11F3O2/c9-5-8(10,11)13-7-3-1-6(12)2-4-7/h7H,1-5H2. The van der Waals surface area contributed by atoms with Crippen molar-refractivity contribution in [1.29, 1.82) is 0 Å². The molecule has 0 amide bonds. The van der Waals surface area contributed by atoms with Crippen molar-refractivity contribution in [3.8, 4) is 0 Å². The Hall–Kier alpha value is -0.580. The van der Waals surface area contributed by atoms with Crippen LogP contribution in [0.4, 0.5) is 13.2 Å². The smallest absolute Gasteiger partial charge is 0.315 e. The molecule has 0 saturated heterocycles. The first-order valence-electron chi connectivity index (χ1n) is 4.17. The van der Waals surface area contributed by atoms with E-state index in [4.69, 9.17) is 0 Å². The largest absolute Gasteiger partial charge is 0.384 e. The molecule has 1 aliphatic rings. The summed E-state index contributed by atoms with van der Waals surface area (Å²) >= 11 is 0. The van der Waals surface area contributed by atoms with Crippen LogP contribution in [0.15, 0.2) is 0 Å². The lowest BCUT2D eigenvalue weighted by molar-refractivity contribution is -0.272. The van der Waals surface area contributed by atoms with Crippen molar-refractivity contribution >= 4 is 5.78 Å². The minimum atomic E-state index is -3.69. The molecule has 0 atom stereocenters. The summed E-state index contributed by atoms with van der Waals surface area (Å²) in [6.45, 7) is -1.81. The van der Waals surface area contributed by atoms with E-state index in [-0.39, 0.29) is 31.5 Å². The average molecular weight is 196 g/mol. The van der Waals surface area contributed by atoms with Gasteiger partial charge in [-0.2, -0.15) is 8.78 Å².